The zero-order chi connectivity index (χ0) is 15.7. The van der Waals surface area contributed by atoms with E-state index in [1.54, 1.807) is 0 Å². The van der Waals surface area contributed by atoms with Gasteiger partial charge in [0.25, 0.3) is 0 Å². The van der Waals surface area contributed by atoms with E-state index in [-0.39, 0.29) is 21.6 Å². The van der Waals surface area contributed by atoms with Gasteiger partial charge in [-0.1, -0.05) is 19.8 Å². The minimum absolute atomic E-state index is 0.0435. The fourth-order valence-electron chi connectivity index (χ4n) is 2.94. The highest BCUT2D eigenvalue weighted by Crippen LogP contribution is 2.40. The Bertz CT molecular complexity index is 600. The lowest BCUT2D eigenvalue weighted by atomic mass is 9.84. The Morgan fingerprint density at radius 3 is 2.48 bits per heavy atom. The molecular weight excluding hydrogens is 291 g/mol. The van der Waals surface area contributed by atoms with Crippen molar-refractivity contribution in [2.45, 2.75) is 50.8 Å². The number of nitrogens with two attached hydrogens (primary N) is 1. The highest BCUT2D eigenvalue weighted by molar-refractivity contribution is 7.89. The number of sulfonamides is 1. The number of hydrogen-bond donors (Lipinski definition) is 2. The summed E-state index contributed by atoms with van der Waals surface area (Å²) in [6, 6.07) is 2.34. The third-order valence-corrected chi connectivity index (χ3v) is 6.10. The quantitative estimate of drug-likeness (QED) is 0.821. The Hall–Kier alpha value is -1.14. The van der Waals surface area contributed by atoms with Crippen LogP contribution in [0.4, 0.5) is 10.1 Å². The van der Waals surface area contributed by atoms with Gasteiger partial charge in [-0.05, 0) is 43.7 Å². The monoisotopic (exact) mass is 314 g/mol. The van der Waals surface area contributed by atoms with Crippen LogP contribution in [0.1, 0.15) is 44.6 Å². The highest BCUT2D eigenvalue weighted by atomic mass is 32.2. The molecule has 0 aliphatic heterocycles. The van der Waals surface area contributed by atoms with Crippen LogP contribution in [0.5, 0.6) is 0 Å². The summed E-state index contributed by atoms with van der Waals surface area (Å²) in [6.45, 7) is 4.02. The molecule has 1 aliphatic carbocycles. The third kappa shape index (κ3) is 3.37. The molecule has 0 saturated heterocycles. The fourth-order valence-corrected chi connectivity index (χ4v) is 4.14. The maximum atomic E-state index is 13.7. The van der Waals surface area contributed by atoms with Crippen LogP contribution < -0.4 is 10.5 Å². The van der Waals surface area contributed by atoms with Gasteiger partial charge in [0.1, 0.15) is 5.82 Å². The van der Waals surface area contributed by atoms with Crippen LogP contribution in [0, 0.1) is 18.2 Å². The van der Waals surface area contributed by atoms with Crippen molar-refractivity contribution in [2.75, 3.05) is 12.3 Å². The molecule has 1 aliphatic rings. The average molecular weight is 314 g/mol. The van der Waals surface area contributed by atoms with Crippen molar-refractivity contribution >= 4 is 15.7 Å². The molecule has 1 fully saturated rings. The number of hydrogen-bond acceptors (Lipinski definition) is 3. The first-order valence-electron chi connectivity index (χ1n) is 7.35. The topological polar surface area (TPSA) is 72.2 Å². The maximum Gasteiger partial charge on any atom is 0.240 e. The van der Waals surface area contributed by atoms with Gasteiger partial charge in [0.2, 0.25) is 10.0 Å². The minimum Gasteiger partial charge on any atom is -0.398 e. The number of halogens is 1. The summed E-state index contributed by atoms with van der Waals surface area (Å²) in [4.78, 5) is -0.104. The standard InChI is InChI=1S/C15H23FN2O2S/c1-3-15(6-4-5-7-15)10-18-21(19,20)12-8-13(16)11(2)14(17)9-12/h8-9,18H,3-7,10,17H2,1-2H3. The van der Waals surface area contributed by atoms with E-state index < -0.39 is 15.8 Å². The Labute approximate surface area is 126 Å². The van der Waals surface area contributed by atoms with Crippen LogP contribution in [0.15, 0.2) is 17.0 Å². The van der Waals surface area contributed by atoms with E-state index in [2.05, 4.69) is 11.6 Å². The van der Waals surface area contributed by atoms with Crippen LogP contribution in [0.2, 0.25) is 0 Å². The van der Waals surface area contributed by atoms with Gasteiger partial charge >= 0.3 is 0 Å². The molecule has 1 aromatic rings. The van der Waals surface area contributed by atoms with E-state index >= 15 is 0 Å². The van der Waals surface area contributed by atoms with Crippen LogP contribution in [-0.4, -0.2) is 15.0 Å². The van der Waals surface area contributed by atoms with E-state index in [0.29, 0.717) is 6.54 Å². The zero-order valence-corrected chi connectivity index (χ0v) is 13.4. The van der Waals surface area contributed by atoms with E-state index in [4.69, 9.17) is 5.73 Å². The molecule has 3 N–H and O–H groups in total. The number of nitrogen functional groups attached to an aromatic ring is 1. The van der Waals surface area contributed by atoms with Crippen LogP contribution in [0.25, 0.3) is 0 Å². The summed E-state index contributed by atoms with van der Waals surface area (Å²) in [5.74, 6) is -0.596. The van der Waals surface area contributed by atoms with Gasteiger partial charge in [0.05, 0.1) is 4.90 Å². The summed E-state index contributed by atoms with van der Waals surface area (Å²) in [7, 11) is -3.73. The van der Waals surface area contributed by atoms with E-state index in [1.165, 1.54) is 13.0 Å². The predicted molar refractivity (Wildman–Crippen MR) is 81.9 cm³/mol. The first-order valence-corrected chi connectivity index (χ1v) is 8.83. The Kier molecular flexibility index (Phi) is 4.58. The van der Waals surface area contributed by atoms with Gasteiger partial charge in [0.15, 0.2) is 0 Å². The van der Waals surface area contributed by atoms with Crippen LogP contribution in [-0.2, 0) is 10.0 Å². The molecule has 0 bridgehead atoms. The molecule has 118 valence electrons. The molecule has 6 heteroatoms. The third-order valence-electron chi connectivity index (χ3n) is 4.72. The fraction of sp³-hybridized carbons (Fsp3) is 0.600. The molecule has 0 radical (unpaired) electrons. The van der Waals surface area contributed by atoms with Crippen molar-refractivity contribution < 1.29 is 12.8 Å². The SMILES string of the molecule is CCC1(CNS(=O)(=O)c2cc(N)c(C)c(F)c2)CCCC1. The number of benzene rings is 1. The van der Waals surface area contributed by atoms with Crippen molar-refractivity contribution in [1.82, 2.24) is 4.72 Å². The van der Waals surface area contributed by atoms with E-state index in [0.717, 1.165) is 38.2 Å². The molecule has 0 amide bonds. The van der Waals surface area contributed by atoms with Crippen molar-refractivity contribution in [3.05, 3.63) is 23.5 Å². The largest absolute Gasteiger partial charge is 0.398 e. The smallest absolute Gasteiger partial charge is 0.240 e. The van der Waals surface area contributed by atoms with E-state index in [9.17, 15) is 12.8 Å². The van der Waals surface area contributed by atoms with Gasteiger partial charge in [-0.25, -0.2) is 17.5 Å². The maximum absolute atomic E-state index is 13.7. The molecule has 1 aromatic carbocycles. The zero-order valence-electron chi connectivity index (χ0n) is 12.6. The first-order chi connectivity index (χ1) is 9.80. The summed E-state index contributed by atoms with van der Waals surface area (Å²) in [5.41, 5.74) is 6.13. The van der Waals surface area contributed by atoms with Crippen molar-refractivity contribution in [2.24, 2.45) is 5.41 Å². The minimum atomic E-state index is -3.73. The lowest BCUT2D eigenvalue weighted by Crippen LogP contribution is -2.35. The number of anilines is 1. The second-order valence-electron chi connectivity index (χ2n) is 6.00. The second kappa shape index (κ2) is 5.93. The van der Waals surface area contributed by atoms with Crippen LogP contribution in [0.3, 0.4) is 0 Å². The summed E-state index contributed by atoms with van der Waals surface area (Å²) in [6.07, 6.45) is 5.30. The molecule has 21 heavy (non-hydrogen) atoms. The van der Waals surface area contributed by atoms with Crippen molar-refractivity contribution in [3.63, 3.8) is 0 Å². The molecule has 0 heterocycles. The van der Waals surface area contributed by atoms with Crippen molar-refractivity contribution in [3.8, 4) is 0 Å². The first kappa shape index (κ1) is 16.2. The normalized spacial score (nSPS) is 18.0. The van der Waals surface area contributed by atoms with Gasteiger partial charge in [0, 0.05) is 17.8 Å². The molecule has 2 rings (SSSR count). The van der Waals surface area contributed by atoms with Gasteiger partial charge in [-0.15, -0.1) is 0 Å². The number of nitrogens with one attached hydrogen (secondary N) is 1. The molecule has 0 atom stereocenters. The highest BCUT2D eigenvalue weighted by Gasteiger charge is 2.33. The Balaban J connectivity index is 2.19. The summed E-state index contributed by atoms with van der Waals surface area (Å²) < 4.78 is 41.0. The molecule has 1 saturated carbocycles. The molecule has 0 unspecified atom stereocenters. The predicted octanol–water partition coefficient (Wildman–Crippen LogP) is 2.97. The Morgan fingerprint density at radius 2 is 1.95 bits per heavy atom. The number of rotatable bonds is 5. The lowest BCUT2D eigenvalue weighted by Gasteiger charge is -2.27. The molecule has 0 spiro atoms. The molecule has 4 nitrogen and oxygen atoms in total. The van der Waals surface area contributed by atoms with Gasteiger partial charge in [-0.2, -0.15) is 0 Å². The van der Waals surface area contributed by atoms with Gasteiger partial charge in [-0.3, -0.25) is 0 Å². The average Bonchev–Trinajstić information content (AvgIpc) is 2.92. The molecular formula is C15H23FN2O2S. The lowest BCUT2D eigenvalue weighted by molar-refractivity contribution is 0.285. The van der Waals surface area contributed by atoms with Crippen molar-refractivity contribution in [1.29, 1.82) is 0 Å². The molecule has 0 aromatic heterocycles. The summed E-state index contributed by atoms with van der Waals surface area (Å²) in [5, 5.41) is 0. The van der Waals surface area contributed by atoms with Crippen LogP contribution >= 0.6 is 0 Å². The Morgan fingerprint density at radius 1 is 1.33 bits per heavy atom. The van der Waals surface area contributed by atoms with Gasteiger partial charge < -0.3 is 5.73 Å². The second-order valence-corrected chi connectivity index (χ2v) is 7.77. The summed E-state index contributed by atoms with van der Waals surface area (Å²) >= 11 is 0. The van der Waals surface area contributed by atoms with E-state index in [1.807, 2.05) is 0 Å².